The van der Waals surface area contributed by atoms with Crippen molar-refractivity contribution in [3.05, 3.63) is 117 Å². The summed E-state index contributed by atoms with van der Waals surface area (Å²) in [6.45, 7) is 2.60. The molecule has 20 N–H and O–H groups in total. The van der Waals surface area contributed by atoms with Crippen LogP contribution in [0.2, 0.25) is 10.0 Å². The number of primary amides is 1. The highest BCUT2D eigenvalue weighted by Gasteiger charge is 2.51. The van der Waals surface area contributed by atoms with Gasteiger partial charge in [0, 0.05) is 23.2 Å². The van der Waals surface area contributed by atoms with Gasteiger partial charge in [0.1, 0.15) is 102 Å². The molecule has 10 aliphatic rings. The fraction of sp³-hybridized carbons (Fsp3) is 0.441. The number of fused-ring (bicyclic) bond motifs is 15. The average Bonchev–Trinajstić information content (AvgIpc) is 0.784. The maximum atomic E-state index is 16.0. The molecule has 1 saturated heterocycles. The Morgan fingerprint density at radius 1 is 0.630 bits per heavy atom. The summed E-state index contributed by atoms with van der Waals surface area (Å²) in [7, 11) is 0. The minimum Gasteiger partial charge on any atom is -0.508 e. The van der Waals surface area contributed by atoms with Crippen molar-refractivity contribution in [3.8, 4) is 57.1 Å². The Kier molecular flexibility index (Phi) is 20.2. The second kappa shape index (κ2) is 28.5. The van der Waals surface area contributed by atoms with Crippen LogP contribution in [0.25, 0.3) is 11.1 Å². The molecule has 4 aliphatic carbocycles. The van der Waals surface area contributed by atoms with E-state index >= 15 is 24.0 Å². The minimum atomic E-state index is -2.30. The lowest BCUT2D eigenvalue weighted by Gasteiger charge is -2.54. The van der Waals surface area contributed by atoms with Gasteiger partial charge in [-0.25, -0.2) is 0 Å². The number of nitrogens with two attached hydrogens (primary N) is 2. The molecule has 0 spiro atoms. The predicted molar refractivity (Wildman–Crippen MR) is 349 cm³/mol. The minimum absolute atomic E-state index is 0.0858. The third-order valence-electron chi connectivity index (χ3n) is 19.6. The Morgan fingerprint density at radius 3 is 1.82 bits per heavy atom. The van der Waals surface area contributed by atoms with Crippen LogP contribution in [-0.2, 0) is 43.1 Å². The van der Waals surface area contributed by atoms with Gasteiger partial charge in [0.15, 0.2) is 11.5 Å². The number of carbonyl (C=O) groups is 8. The third kappa shape index (κ3) is 14.2. The van der Waals surface area contributed by atoms with Crippen molar-refractivity contribution >= 4 is 70.5 Å². The Balaban J connectivity index is 1.06. The van der Waals surface area contributed by atoms with E-state index in [1.165, 1.54) is 24.3 Å². The van der Waals surface area contributed by atoms with E-state index in [1.54, 1.807) is 13.8 Å². The third-order valence-corrected chi connectivity index (χ3v) is 20.2. The maximum absolute atomic E-state index is 16.0. The van der Waals surface area contributed by atoms with E-state index in [9.17, 15) is 60.3 Å². The van der Waals surface area contributed by atoms with Crippen LogP contribution in [0.3, 0.4) is 0 Å². The first kappa shape index (κ1) is 70.8. The summed E-state index contributed by atoms with van der Waals surface area (Å²) in [5.41, 5.74) is 9.91. The number of hydrogen-bond acceptors (Lipinski definition) is 22. The monoisotopic (exact) mass is 1420 g/mol. The zero-order valence-corrected chi connectivity index (χ0v) is 55.1. The highest BCUT2D eigenvalue weighted by Crippen LogP contribution is 2.55. The lowest BCUT2D eigenvalue weighted by atomic mass is 9.54. The van der Waals surface area contributed by atoms with E-state index in [0.29, 0.717) is 11.8 Å². The zero-order chi connectivity index (χ0) is 71.6. The number of halogens is 2. The number of phenolic OH excluding ortho intramolecular Hbond substituents is 3. The number of aliphatic hydroxyl groups is 6. The average molecular weight is 1430 g/mol. The zero-order valence-electron chi connectivity index (χ0n) is 53.5. The Bertz CT molecular complexity index is 4080. The van der Waals surface area contributed by atoms with E-state index in [-0.39, 0.29) is 85.1 Å². The van der Waals surface area contributed by atoms with Gasteiger partial charge in [-0.05, 0) is 151 Å². The number of benzene rings is 5. The highest BCUT2D eigenvalue weighted by molar-refractivity contribution is 6.32. The smallest absolute Gasteiger partial charge is 0.248 e. The number of hydrogen-bond donors (Lipinski definition) is 18. The largest absolute Gasteiger partial charge is 0.508 e. The lowest BCUT2D eigenvalue weighted by molar-refractivity contribution is -0.277. The molecule has 15 rings (SSSR count). The van der Waals surface area contributed by atoms with Crippen LogP contribution in [0.1, 0.15) is 117 Å². The molecule has 4 saturated carbocycles. The van der Waals surface area contributed by atoms with Crippen LogP contribution in [-0.4, -0.2) is 161 Å². The summed E-state index contributed by atoms with van der Waals surface area (Å²) >= 11 is 14.0. The summed E-state index contributed by atoms with van der Waals surface area (Å²) in [5, 5.41) is 121. The number of carbonyl (C=O) groups excluding carboxylic acids is 8. The fourth-order valence-corrected chi connectivity index (χ4v) is 15.4. The van der Waals surface area contributed by atoms with E-state index in [1.807, 2.05) is 0 Å². The first-order valence-electron chi connectivity index (χ1n) is 32.5. The summed E-state index contributed by atoms with van der Waals surface area (Å²) in [4.78, 5) is 119. The van der Waals surface area contributed by atoms with Gasteiger partial charge in [0.05, 0.1) is 29.1 Å². The molecule has 5 fully saturated rings. The van der Waals surface area contributed by atoms with Crippen molar-refractivity contribution < 1.29 is 103 Å². The number of ether oxygens (including phenoxy) is 4. The number of phenols is 3. The van der Waals surface area contributed by atoms with Crippen LogP contribution >= 0.6 is 23.2 Å². The van der Waals surface area contributed by atoms with Crippen molar-refractivity contribution in [1.82, 2.24) is 37.2 Å². The Morgan fingerprint density at radius 2 is 1.22 bits per heavy atom. The summed E-state index contributed by atoms with van der Waals surface area (Å²) in [5.74, 6) is -13.2. The number of amides is 8. The second-order valence-electron chi connectivity index (χ2n) is 27.1. The van der Waals surface area contributed by atoms with Crippen molar-refractivity contribution in [2.75, 3.05) is 6.61 Å². The van der Waals surface area contributed by atoms with E-state index in [4.69, 9.17) is 53.6 Å². The Labute approximate surface area is 580 Å². The van der Waals surface area contributed by atoms with Gasteiger partial charge in [-0.15, -0.1) is 0 Å². The standard InChI is InChI=1S/C68H75Cl2N9O21/c1-24(2)9-38(71)61(90)78-53-55(85)28-4-7-42(36(69)16-28)97-44-18-32-19-45(60(44)100-68-59(89)58(88)57(87)46(23-80)99-68)98-43-8-5-29(17-37(43)70)56(86)54-67(96)77-52(65(94)74-49-30-11-25-10-26(13-30)14-31(49)12-25)35-20-33(81)21-41(83)48(35)34-15-27(3-6-40(34)82)50(63(92)79-54)76-64(93)51(32)75-62(91)39(22-47(72)84)73-66(53)95/h3-8,15-21,24-26,30-31,38-39,46,49-59,68,80-83,85-89H,9-14,22-23,71H2,1-2H3,(H2,72,84)(H,73,95)(H,74,94)(H,75,91)(H,76,93)(H,77,96)(H,78,90)(H,79,92)/t25?,26?,30?,31?,38-,39+,46-,49?,50-,51-,52+,53-,54+,55-,56-,57-,58+,59-,68+/m1/s1. The number of rotatable bonds is 11. The molecule has 0 aromatic heterocycles. The van der Waals surface area contributed by atoms with Gasteiger partial charge in [-0.2, -0.15) is 0 Å². The number of aliphatic hydroxyl groups excluding tert-OH is 6. The molecule has 0 radical (unpaired) electrons. The summed E-state index contributed by atoms with van der Waals surface area (Å²) in [6, 6.07) is 0.154. The molecule has 5 aromatic rings. The summed E-state index contributed by atoms with van der Waals surface area (Å²) in [6.07, 6.45) is -10.4. The topological polar surface area (TPSA) is 492 Å². The van der Waals surface area contributed by atoms with Crippen LogP contribution < -0.4 is 62.9 Å². The second-order valence-corrected chi connectivity index (χ2v) is 27.9. The van der Waals surface area contributed by atoms with Crippen LogP contribution in [0.4, 0.5) is 0 Å². The van der Waals surface area contributed by atoms with Gasteiger partial charge in [-0.1, -0.05) is 55.2 Å². The molecular weight excluding hydrogens is 1350 g/mol. The molecular formula is C68H75Cl2N9O21. The maximum Gasteiger partial charge on any atom is 0.248 e. The quantitative estimate of drug-likeness (QED) is 0.0890. The molecule has 8 amide bonds. The number of aromatic hydroxyl groups is 3. The van der Waals surface area contributed by atoms with E-state index < -0.39 is 186 Å². The number of nitrogens with one attached hydrogen (secondary N) is 7. The van der Waals surface area contributed by atoms with Gasteiger partial charge in [0.25, 0.3) is 0 Å². The van der Waals surface area contributed by atoms with Crippen LogP contribution in [0.5, 0.6) is 46.0 Å². The molecule has 15 bridgehead atoms. The highest BCUT2D eigenvalue weighted by atomic mass is 35.5. The molecule has 30 nitrogen and oxygen atoms in total. The molecule has 100 heavy (non-hydrogen) atoms. The predicted octanol–water partition coefficient (Wildman–Crippen LogP) is 1.46. The van der Waals surface area contributed by atoms with E-state index in [0.717, 1.165) is 86.7 Å². The first-order chi connectivity index (χ1) is 47.5. The van der Waals surface area contributed by atoms with Crippen LogP contribution in [0.15, 0.2) is 78.9 Å². The van der Waals surface area contributed by atoms with E-state index in [2.05, 4.69) is 37.2 Å². The normalized spacial score (nSPS) is 30.4. The molecule has 6 aliphatic heterocycles. The van der Waals surface area contributed by atoms with Crippen LogP contribution in [0, 0.1) is 29.6 Å². The lowest BCUT2D eigenvalue weighted by Crippen LogP contribution is -2.60. The Hall–Kier alpha value is -9.08. The SMILES string of the molecule is CC(C)C[C@@H](N)C(=O)N[C@H]1C(=O)N[C@@H](CC(N)=O)C(=O)N[C@H]2C(=O)N[C@H]3C(=O)N[C@H](C(=O)N[C@H](C(=O)NC4C5CC6CC(C5)CC4C6)c4cc(O)cc(O)c4-c4cc3ccc4O)[C@H](O)c3ccc(c(Cl)c3)Oc3cc2cc(c3O[C@@H]2O[C@H](CO)[C@@H](O)[C@H](O)[C@H]2O)Oc2ccc(cc2Cl)[C@H]1O. The molecule has 6 heterocycles. The molecule has 532 valence electrons. The van der Waals surface area contributed by atoms with Gasteiger partial charge in [0.2, 0.25) is 59.3 Å². The van der Waals surface area contributed by atoms with Crippen molar-refractivity contribution in [3.63, 3.8) is 0 Å². The van der Waals surface area contributed by atoms with Crippen molar-refractivity contribution in [1.29, 1.82) is 0 Å². The fourth-order valence-electron chi connectivity index (χ4n) is 14.9. The van der Waals surface area contributed by atoms with Gasteiger partial charge in [-0.3, -0.25) is 38.4 Å². The van der Waals surface area contributed by atoms with Gasteiger partial charge < -0.3 is 114 Å². The van der Waals surface area contributed by atoms with Crippen molar-refractivity contribution in [2.24, 2.45) is 41.1 Å². The summed E-state index contributed by atoms with van der Waals surface area (Å²) < 4.78 is 25.1. The molecule has 32 heteroatoms. The van der Waals surface area contributed by atoms with Gasteiger partial charge >= 0.3 is 0 Å². The molecule has 5 aromatic carbocycles. The molecule has 0 unspecified atom stereocenters. The first-order valence-corrected chi connectivity index (χ1v) is 33.3. The molecule has 14 atom stereocenters. The van der Waals surface area contributed by atoms with Crippen molar-refractivity contribution in [2.45, 2.75) is 150 Å².